The fourth-order valence-corrected chi connectivity index (χ4v) is 2.73. The van der Waals surface area contributed by atoms with Crippen LogP contribution in [0.3, 0.4) is 0 Å². The number of carbonyl (C=O) groups excluding carboxylic acids is 1. The smallest absolute Gasteiger partial charge is 0.304 e. The van der Waals surface area contributed by atoms with Crippen molar-refractivity contribution in [3.8, 4) is 0 Å². The molecular formula is C13H16O5S. The van der Waals surface area contributed by atoms with Gasteiger partial charge in [0, 0.05) is 11.5 Å². The number of carboxylic acids is 1. The van der Waals surface area contributed by atoms with E-state index in [-0.39, 0.29) is 16.6 Å². The molecule has 0 heterocycles. The molecule has 6 heteroatoms. The Bertz CT molecular complexity index is 570. The predicted molar refractivity (Wildman–Crippen MR) is 69.9 cm³/mol. The van der Waals surface area contributed by atoms with Crippen LogP contribution in [0.1, 0.15) is 30.6 Å². The van der Waals surface area contributed by atoms with Crippen molar-refractivity contribution in [3.05, 3.63) is 29.8 Å². The van der Waals surface area contributed by atoms with Crippen LogP contribution in [0.5, 0.6) is 0 Å². The second-order valence-corrected chi connectivity index (χ2v) is 6.62. The fraction of sp³-hybridized carbons (Fsp3) is 0.385. The molecule has 5 nitrogen and oxygen atoms in total. The first-order chi connectivity index (χ1) is 8.74. The second kappa shape index (κ2) is 5.97. The van der Waals surface area contributed by atoms with E-state index in [9.17, 15) is 18.0 Å². The summed E-state index contributed by atoms with van der Waals surface area (Å²) in [6, 6.07) is 5.59. The minimum Gasteiger partial charge on any atom is -0.481 e. The maximum atomic E-state index is 11.8. The molecular weight excluding hydrogens is 268 g/mol. The molecule has 0 atom stereocenters. The molecule has 0 spiro atoms. The summed E-state index contributed by atoms with van der Waals surface area (Å²) in [5.74, 6) is -1.82. The topological polar surface area (TPSA) is 88.5 Å². The monoisotopic (exact) mass is 284 g/mol. The van der Waals surface area contributed by atoms with Gasteiger partial charge in [-0.2, -0.15) is 0 Å². The summed E-state index contributed by atoms with van der Waals surface area (Å²) in [6.45, 7) is 3.53. The molecule has 0 bridgehead atoms. The Kier molecular flexibility index (Phi) is 4.83. The van der Waals surface area contributed by atoms with E-state index >= 15 is 0 Å². The minimum absolute atomic E-state index is 0.0362. The molecule has 0 saturated heterocycles. The number of carbonyl (C=O) groups is 2. The van der Waals surface area contributed by atoms with Crippen LogP contribution in [-0.2, 0) is 14.6 Å². The van der Waals surface area contributed by atoms with Gasteiger partial charge < -0.3 is 5.11 Å². The van der Waals surface area contributed by atoms with Crippen LogP contribution >= 0.6 is 0 Å². The highest BCUT2D eigenvalue weighted by Crippen LogP contribution is 2.15. The van der Waals surface area contributed by atoms with Gasteiger partial charge >= 0.3 is 5.97 Å². The summed E-state index contributed by atoms with van der Waals surface area (Å²) >= 11 is 0. The lowest BCUT2D eigenvalue weighted by Gasteiger charge is -2.06. The van der Waals surface area contributed by atoms with Gasteiger partial charge in [0.2, 0.25) is 0 Å². The molecule has 0 unspecified atom stereocenters. The number of rotatable bonds is 6. The van der Waals surface area contributed by atoms with E-state index in [4.69, 9.17) is 5.11 Å². The van der Waals surface area contributed by atoms with Crippen LogP contribution in [-0.4, -0.2) is 31.0 Å². The third kappa shape index (κ3) is 4.17. The maximum absolute atomic E-state index is 11.8. The molecule has 1 rings (SSSR count). The summed E-state index contributed by atoms with van der Waals surface area (Å²) in [6.07, 6.45) is -0.436. The second-order valence-electron chi connectivity index (χ2n) is 4.51. The van der Waals surface area contributed by atoms with E-state index in [0.29, 0.717) is 5.56 Å². The molecule has 1 N–H and O–H groups in total. The van der Waals surface area contributed by atoms with E-state index in [0.717, 1.165) is 0 Å². The molecule has 0 aliphatic heterocycles. The lowest BCUT2D eigenvalue weighted by molar-refractivity contribution is -0.136. The number of carboxylic acid groups (broad SMARTS) is 1. The highest BCUT2D eigenvalue weighted by atomic mass is 32.2. The Morgan fingerprint density at radius 3 is 2.11 bits per heavy atom. The number of ketones is 1. The average molecular weight is 284 g/mol. The molecule has 0 aromatic heterocycles. The molecule has 104 valence electrons. The van der Waals surface area contributed by atoms with Gasteiger partial charge in [0.05, 0.1) is 17.1 Å². The normalized spacial score (nSPS) is 11.5. The van der Waals surface area contributed by atoms with Crippen molar-refractivity contribution in [2.24, 2.45) is 5.92 Å². The Hall–Kier alpha value is -1.69. The van der Waals surface area contributed by atoms with Crippen molar-refractivity contribution in [1.82, 2.24) is 0 Å². The van der Waals surface area contributed by atoms with Crippen LogP contribution in [0.2, 0.25) is 0 Å². The van der Waals surface area contributed by atoms with Crippen molar-refractivity contribution in [2.75, 3.05) is 5.75 Å². The predicted octanol–water partition coefficient (Wildman–Crippen LogP) is 1.77. The molecule has 0 radical (unpaired) electrons. The van der Waals surface area contributed by atoms with Gasteiger partial charge in [-0.05, 0) is 12.1 Å². The van der Waals surface area contributed by atoms with E-state index in [1.165, 1.54) is 24.3 Å². The largest absolute Gasteiger partial charge is 0.481 e. The first-order valence-corrected chi connectivity index (χ1v) is 7.48. The number of Topliss-reactive ketones (excluding diaryl/α,β-unsaturated/α-hetero) is 1. The number of hydrogen-bond donors (Lipinski definition) is 1. The molecule has 0 aliphatic rings. The highest BCUT2D eigenvalue weighted by molar-refractivity contribution is 7.91. The molecule has 0 amide bonds. The minimum atomic E-state index is -3.61. The number of aliphatic carboxylic acids is 1. The molecule has 0 aliphatic carbocycles. The van der Waals surface area contributed by atoms with Gasteiger partial charge in [0.15, 0.2) is 15.6 Å². The highest BCUT2D eigenvalue weighted by Gasteiger charge is 2.17. The number of benzene rings is 1. The van der Waals surface area contributed by atoms with Crippen molar-refractivity contribution in [3.63, 3.8) is 0 Å². The van der Waals surface area contributed by atoms with E-state index in [1.54, 1.807) is 13.8 Å². The quantitative estimate of drug-likeness (QED) is 0.804. The maximum Gasteiger partial charge on any atom is 0.304 e. The standard InChI is InChI=1S/C13H16O5S/c1-9(2)13(16)10-3-5-11(6-4-10)19(17,18)8-7-12(14)15/h3-6,9H,7-8H2,1-2H3,(H,14,15). The zero-order valence-corrected chi connectivity index (χ0v) is 11.6. The van der Waals surface area contributed by atoms with Gasteiger partial charge in [-0.1, -0.05) is 26.0 Å². The van der Waals surface area contributed by atoms with E-state index in [1.807, 2.05) is 0 Å². The van der Waals surface area contributed by atoms with Crippen LogP contribution in [0.25, 0.3) is 0 Å². The van der Waals surface area contributed by atoms with Crippen LogP contribution in [0.4, 0.5) is 0 Å². The molecule has 1 aromatic carbocycles. The fourth-order valence-electron chi connectivity index (χ4n) is 1.50. The Morgan fingerprint density at radius 1 is 1.16 bits per heavy atom. The first-order valence-electron chi connectivity index (χ1n) is 5.83. The Balaban J connectivity index is 2.92. The summed E-state index contributed by atoms with van der Waals surface area (Å²) in [4.78, 5) is 22.1. The van der Waals surface area contributed by atoms with Crippen molar-refractivity contribution < 1.29 is 23.1 Å². The first kappa shape index (κ1) is 15.4. The molecule has 1 aromatic rings. The summed E-state index contributed by atoms with van der Waals surface area (Å²) in [5.41, 5.74) is 0.451. The third-order valence-corrected chi connectivity index (χ3v) is 4.34. The van der Waals surface area contributed by atoms with Gasteiger partial charge in [-0.25, -0.2) is 8.42 Å². The lowest BCUT2D eigenvalue weighted by Crippen LogP contribution is -2.12. The molecule has 0 saturated carbocycles. The van der Waals surface area contributed by atoms with Gasteiger partial charge in [0.25, 0.3) is 0 Å². The molecule has 19 heavy (non-hydrogen) atoms. The zero-order valence-electron chi connectivity index (χ0n) is 10.8. The lowest BCUT2D eigenvalue weighted by atomic mass is 10.0. The summed E-state index contributed by atoms with van der Waals surface area (Å²) < 4.78 is 23.6. The van der Waals surface area contributed by atoms with E-state index < -0.39 is 28.0 Å². The van der Waals surface area contributed by atoms with Gasteiger partial charge in [0.1, 0.15) is 0 Å². The average Bonchev–Trinajstić information content (AvgIpc) is 2.35. The number of hydrogen-bond acceptors (Lipinski definition) is 4. The Labute approximate surface area is 112 Å². The van der Waals surface area contributed by atoms with E-state index in [2.05, 4.69) is 0 Å². The van der Waals surface area contributed by atoms with Crippen molar-refractivity contribution in [1.29, 1.82) is 0 Å². The zero-order chi connectivity index (χ0) is 14.6. The van der Waals surface area contributed by atoms with Crippen molar-refractivity contribution in [2.45, 2.75) is 25.2 Å². The third-order valence-electron chi connectivity index (χ3n) is 2.61. The summed E-state index contributed by atoms with van der Waals surface area (Å²) in [5, 5.41) is 8.49. The molecule has 0 fully saturated rings. The van der Waals surface area contributed by atoms with Gasteiger partial charge in [-0.15, -0.1) is 0 Å². The Morgan fingerprint density at radius 2 is 1.68 bits per heavy atom. The summed E-state index contributed by atoms with van der Waals surface area (Å²) in [7, 11) is -3.61. The van der Waals surface area contributed by atoms with Crippen LogP contribution < -0.4 is 0 Å². The van der Waals surface area contributed by atoms with Crippen LogP contribution in [0, 0.1) is 5.92 Å². The van der Waals surface area contributed by atoms with Crippen LogP contribution in [0.15, 0.2) is 29.2 Å². The van der Waals surface area contributed by atoms with Gasteiger partial charge in [-0.3, -0.25) is 9.59 Å². The SMILES string of the molecule is CC(C)C(=O)c1ccc(S(=O)(=O)CCC(=O)O)cc1. The number of sulfone groups is 1. The van der Waals surface area contributed by atoms with Crippen molar-refractivity contribution >= 4 is 21.6 Å².